The first kappa shape index (κ1) is 28.4. The average molecular weight is 543 g/mol. The zero-order valence-electron chi connectivity index (χ0n) is 22.9. The SMILES string of the molecule is COc1ccc([C@@H](CCc2ccc(O)cc2OC)c2cc(CCC(=O)c3ccc(O)cc3)c(OC)cc2O)cc1. The van der Waals surface area contributed by atoms with Crippen molar-refractivity contribution in [2.75, 3.05) is 21.3 Å². The van der Waals surface area contributed by atoms with E-state index in [1.54, 1.807) is 44.6 Å². The van der Waals surface area contributed by atoms with Crippen LogP contribution in [0.1, 0.15) is 51.4 Å². The molecule has 0 fully saturated rings. The molecule has 7 heteroatoms. The molecule has 0 aliphatic heterocycles. The van der Waals surface area contributed by atoms with E-state index in [0.717, 1.165) is 28.0 Å². The lowest BCUT2D eigenvalue weighted by molar-refractivity contribution is 0.0982. The third kappa shape index (κ3) is 6.67. The zero-order valence-corrected chi connectivity index (χ0v) is 22.9. The summed E-state index contributed by atoms with van der Waals surface area (Å²) in [6.07, 6.45) is 1.92. The van der Waals surface area contributed by atoms with Crippen molar-refractivity contribution in [2.45, 2.75) is 31.6 Å². The Bertz CT molecular complexity index is 1440. The van der Waals surface area contributed by atoms with Crippen molar-refractivity contribution in [3.63, 3.8) is 0 Å². The highest BCUT2D eigenvalue weighted by atomic mass is 16.5. The standard InChI is InChI=1S/C33H34O7/c1-38-27-14-7-21(8-15-27)28(16-9-23-6-13-26(35)19-32(23)39-2)29-18-24(33(40-3)20-31(29)37)10-17-30(36)22-4-11-25(34)12-5-22/h4-8,11-15,18-20,28,34-35,37H,9-10,16-17H2,1-3H3/t28-/m1/s1. The van der Waals surface area contributed by atoms with Crippen LogP contribution in [-0.4, -0.2) is 42.4 Å². The second kappa shape index (κ2) is 12.9. The highest BCUT2D eigenvalue weighted by Crippen LogP contribution is 2.40. The molecular weight excluding hydrogens is 508 g/mol. The monoisotopic (exact) mass is 542 g/mol. The largest absolute Gasteiger partial charge is 0.508 e. The van der Waals surface area contributed by atoms with Crippen molar-refractivity contribution in [1.82, 2.24) is 0 Å². The molecule has 0 saturated heterocycles. The first-order chi connectivity index (χ1) is 19.3. The Labute approximate surface area is 234 Å². The number of Topliss-reactive ketones (excluding diaryl/α,β-unsaturated/α-hetero) is 1. The molecule has 0 aliphatic rings. The van der Waals surface area contributed by atoms with E-state index in [-0.39, 0.29) is 35.4 Å². The maximum atomic E-state index is 12.8. The van der Waals surface area contributed by atoms with Crippen molar-refractivity contribution < 1.29 is 34.3 Å². The summed E-state index contributed by atoms with van der Waals surface area (Å²) in [5, 5.41) is 30.5. The molecule has 0 unspecified atom stereocenters. The number of phenolic OH excluding ortho intramolecular Hbond substituents is 3. The number of carbonyl (C=O) groups excluding carboxylic acids is 1. The van der Waals surface area contributed by atoms with E-state index in [9.17, 15) is 20.1 Å². The summed E-state index contributed by atoms with van der Waals surface area (Å²) in [4.78, 5) is 12.8. The molecule has 0 aromatic heterocycles. The van der Waals surface area contributed by atoms with Gasteiger partial charge in [-0.25, -0.2) is 0 Å². The van der Waals surface area contributed by atoms with Crippen LogP contribution in [0.3, 0.4) is 0 Å². The summed E-state index contributed by atoms with van der Waals surface area (Å²) in [5.74, 6) is 1.93. The number of aromatic hydroxyl groups is 3. The number of methoxy groups -OCH3 is 3. The zero-order chi connectivity index (χ0) is 28.6. The number of ether oxygens (including phenoxy) is 3. The second-order valence-corrected chi connectivity index (χ2v) is 9.55. The number of carbonyl (C=O) groups is 1. The first-order valence-electron chi connectivity index (χ1n) is 13.0. The van der Waals surface area contributed by atoms with Gasteiger partial charge in [-0.2, -0.15) is 0 Å². The third-order valence-corrected chi connectivity index (χ3v) is 7.11. The van der Waals surface area contributed by atoms with Crippen molar-refractivity contribution >= 4 is 5.78 Å². The fourth-order valence-corrected chi connectivity index (χ4v) is 4.91. The van der Waals surface area contributed by atoms with Gasteiger partial charge in [0.2, 0.25) is 0 Å². The maximum absolute atomic E-state index is 12.8. The number of rotatable bonds is 12. The highest BCUT2D eigenvalue weighted by Gasteiger charge is 2.22. The molecule has 40 heavy (non-hydrogen) atoms. The molecule has 4 rings (SSSR count). The Morgan fingerprint density at radius 2 is 1.35 bits per heavy atom. The smallest absolute Gasteiger partial charge is 0.163 e. The molecule has 0 saturated carbocycles. The van der Waals surface area contributed by atoms with Crippen LogP contribution in [0.5, 0.6) is 34.5 Å². The molecule has 0 aliphatic carbocycles. The van der Waals surface area contributed by atoms with Gasteiger partial charge in [0.25, 0.3) is 0 Å². The fraction of sp³-hybridized carbons (Fsp3) is 0.242. The van der Waals surface area contributed by atoms with Gasteiger partial charge >= 0.3 is 0 Å². The van der Waals surface area contributed by atoms with Crippen LogP contribution < -0.4 is 14.2 Å². The van der Waals surface area contributed by atoms with Crippen LogP contribution in [0.4, 0.5) is 0 Å². The Morgan fingerprint density at radius 1 is 0.700 bits per heavy atom. The number of aryl methyl sites for hydroxylation is 2. The van der Waals surface area contributed by atoms with Gasteiger partial charge in [0.1, 0.15) is 34.5 Å². The van der Waals surface area contributed by atoms with Crippen molar-refractivity contribution in [3.05, 3.63) is 107 Å². The van der Waals surface area contributed by atoms with Crippen LogP contribution in [0.25, 0.3) is 0 Å². The summed E-state index contributed by atoms with van der Waals surface area (Å²) < 4.78 is 16.4. The van der Waals surface area contributed by atoms with Crippen LogP contribution in [-0.2, 0) is 12.8 Å². The third-order valence-electron chi connectivity index (χ3n) is 7.11. The van der Waals surface area contributed by atoms with E-state index in [1.807, 2.05) is 36.4 Å². The minimum Gasteiger partial charge on any atom is -0.508 e. The molecule has 0 bridgehead atoms. The molecule has 0 spiro atoms. The Hall–Kier alpha value is -4.65. The molecular formula is C33H34O7. The Morgan fingerprint density at radius 3 is 2.00 bits per heavy atom. The van der Waals surface area contributed by atoms with Crippen LogP contribution >= 0.6 is 0 Å². The van der Waals surface area contributed by atoms with E-state index < -0.39 is 0 Å². The minimum absolute atomic E-state index is 0.0530. The first-order valence-corrected chi connectivity index (χ1v) is 13.0. The van der Waals surface area contributed by atoms with Crippen LogP contribution in [0.2, 0.25) is 0 Å². The van der Waals surface area contributed by atoms with Crippen LogP contribution in [0, 0.1) is 0 Å². The number of hydrogen-bond acceptors (Lipinski definition) is 7. The Kier molecular flexibility index (Phi) is 9.17. The molecule has 4 aromatic carbocycles. The summed E-state index contributed by atoms with van der Waals surface area (Å²) >= 11 is 0. The van der Waals surface area contributed by atoms with Crippen LogP contribution in [0.15, 0.2) is 78.9 Å². The fourth-order valence-electron chi connectivity index (χ4n) is 4.91. The van der Waals surface area contributed by atoms with E-state index in [4.69, 9.17) is 14.2 Å². The number of benzene rings is 4. The summed E-state index contributed by atoms with van der Waals surface area (Å²) in [6, 6.07) is 22.5. The van der Waals surface area contributed by atoms with Crippen molar-refractivity contribution in [1.29, 1.82) is 0 Å². The number of phenols is 3. The lowest BCUT2D eigenvalue weighted by Crippen LogP contribution is -2.07. The topological polar surface area (TPSA) is 105 Å². The van der Waals surface area contributed by atoms with Gasteiger partial charge < -0.3 is 29.5 Å². The molecule has 7 nitrogen and oxygen atoms in total. The van der Waals surface area contributed by atoms with Gasteiger partial charge in [0.05, 0.1) is 21.3 Å². The molecule has 0 amide bonds. The molecule has 0 radical (unpaired) electrons. The van der Waals surface area contributed by atoms with Gasteiger partial charge in [0.15, 0.2) is 5.78 Å². The summed E-state index contributed by atoms with van der Waals surface area (Å²) in [5.41, 5.74) is 3.98. The van der Waals surface area contributed by atoms with Crippen molar-refractivity contribution in [3.8, 4) is 34.5 Å². The molecule has 4 aromatic rings. The molecule has 208 valence electrons. The molecule has 1 atom stereocenters. The van der Waals surface area contributed by atoms with Crippen molar-refractivity contribution in [2.24, 2.45) is 0 Å². The predicted molar refractivity (Wildman–Crippen MR) is 153 cm³/mol. The Balaban J connectivity index is 1.67. The molecule has 0 heterocycles. The summed E-state index contributed by atoms with van der Waals surface area (Å²) in [7, 11) is 4.72. The average Bonchev–Trinajstić information content (AvgIpc) is 2.97. The lowest BCUT2D eigenvalue weighted by Gasteiger charge is -2.22. The normalized spacial score (nSPS) is 11.6. The van der Waals surface area contributed by atoms with E-state index >= 15 is 0 Å². The second-order valence-electron chi connectivity index (χ2n) is 9.55. The maximum Gasteiger partial charge on any atom is 0.163 e. The predicted octanol–water partition coefficient (Wildman–Crippen LogP) is 6.41. The van der Waals surface area contributed by atoms with Gasteiger partial charge in [0, 0.05) is 35.6 Å². The lowest BCUT2D eigenvalue weighted by atomic mass is 9.84. The number of hydrogen-bond donors (Lipinski definition) is 3. The minimum atomic E-state index is -0.193. The van der Waals surface area contributed by atoms with Gasteiger partial charge in [-0.05, 0) is 84.5 Å². The van der Waals surface area contributed by atoms with Gasteiger partial charge in [-0.3, -0.25) is 4.79 Å². The number of ketones is 1. The van der Waals surface area contributed by atoms with E-state index in [1.165, 1.54) is 19.2 Å². The van der Waals surface area contributed by atoms with Gasteiger partial charge in [-0.15, -0.1) is 0 Å². The van der Waals surface area contributed by atoms with Gasteiger partial charge in [-0.1, -0.05) is 18.2 Å². The van der Waals surface area contributed by atoms with E-state index in [0.29, 0.717) is 36.3 Å². The quantitative estimate of drug-likeness (QED) is 0.178. The highest BCUT2D eigenvalue weighted by molar-refractivity contribution is 5.96. The van der Waals surface area contributed by atoms with E-state index in [2.05, 4.69) is 0 Å². The molecule has 3 N–H and O–H groups in total. The summed E-state index contributed by atoms with van der Waals surface area (Å²) in [6.45, 7) is 0.